The Morgan fingerprint density at radius 2 is 1.79 bits per heavy atom. The second kappa shape index (κ2) is 3.91. The van der Waals surface area contributed by atoms with E-state index in [1.165, 1.54) is 19.3 Å². The number of hydrogen-bond acceptors (Lipinski definition) is 1. The van der Waals surface area contributed by atoms with Crippen LogP contribution in [0.25, 0.3) is 0 Å². The number of rotatable bonds is 4. The molecule has 1 rings (SSSR count). The fourth-order valence-electron chi connectivity index (χ4n) is 1.41. The summed E-state index contributed by atoms with van der Waals surface area (Å²) in [5.74, 6) is 0. The van der Waals surface area contributed by atoms with Crippen molar-refractivity contribution < 1.29 is 4.43 Å². The molecule has 0 aromatic carbocycles. The van der Waals surface area contributed by atoms with Gasteiger partial charge in [-0.2, -0.15) is 0 Å². The maximum atomic E-state index is 6.45. The molecule has 14 heavy (non-hydrogen) atoms. The lowest BCUT2D eigenvalue weighted by molar-refractivity contribution is 0.155. The summed E-state index contributed by atoms with van der Waals surface area (Å²) in [4.78, 5) is 0. The SMILES string of the molecule is CC(C)(C)[Si](C)(C)OC1(CCBr)CC1. The highest BCUT2D eigenvalue weighted by molar-refractivity contribution is 9.09. The molecule has 84 valence electrons. The highest BCUT2D eigenvalue weighted by Crippen LogP contribution is 2.49. The summed E-state index contributed by atoms with van der Waals surface area (Å²) in [5, 5.41) is 1.41. The molecule has 0 aliphatic heterocycles. The van der Waals surface area contributed by atoms with Gasteiger partial charge >= 0.3 is 0 Å². The highest BCUT2D eigenvalue weighted by Gasteiger charge is 2.50. The van der Waals surface area contributed by atoms with Gasteiger partial charge in [0.1, 0.15) is 0 Å². The Bertz CT molecular complexity index is 204. The van der Waals surface area contributed by atoms with Crippen LogP contribution in [0.5, 0.6) is 0 Å². The van der Waals surface area contributed by atoms with Crippen molar-refractivity contribution in [2.45, 2.75) is 63.8 Å². The molecule has 0 radical (unpaired) electrons. The summed E-state index contributed by atoms with van der Waals surface area (Å²) in [6.07, 6.45) is 3.72. The van der Waals surface area contributed by atoms with Crippen molar-refractivity contribution in [3.63, 3.8) is 0 Å². The molecule has 0 aromatic rings. The first-order valence-electron chi connectivity index (χ1n) is 5.49. The summed E-state index contributed by atoms with van der Waals surface area (Å²) < 4.78 is 6.45. The first-order valence-corrected chi connectivity index (χ1v) is 9.52. The van der Waals surface area contributed by atoms with Crippen molar-refractivity contribution in [2.75, 3.05) is 5.33 Å². The molecular weight excluding hydrogens is 256 g/mol. The number of alkyl halides is 1. The smallest absolute Gasteiger partial charge is 0.192 e. The largest absolute Gasteiger partial charge is 0.411 e. The molecule has 1 aliphatic rings. The van der Waals surface area contributed by atoms with Crippen LogP contribution in [-0.2, 0) is 4.43 Å². The molecule has 0 atom stereocenters. The Balaban J connectivity index is 2.59. The monoisotopic (exact) mass is 278 g/mol. The van der Waals surface area contributed by atoms with Crippen LogP contribution in [0.1, 0.15) is 40.0 Å². The molecular formula is C11H23BrOSi. The van der Waals surface area contributed by atoms with Gasteiger partial charge in [-0.3, -0.25) is 0 Å². The van der Waals surface area contributed by atoms with Gasteiger partial charge in [0.25, 0.3) is 0 Å². The highest BCUT2D eigenvalue weighted by atomic mass is 79.9. The zero-order valence-corrected chi connectivity index (χ0v) is 12.7. The molecule has 1 aliphatic carbocycles. The minimum Gasteiger partial charge on any atom is -0.411 e. The molecule has 3 heteroatoms. The second-order valence-corrected chi connectivity index (χ2v) is 11.5. The minimum atomic E-state index is -1.54. The average molecular weight is 279 g/mol. The van der Waals surface area contributed by atoms with Crippen LogP contribution in [0, 0.1) is 0 Å². The van der Waals surface area contributed by atoms with Crippen LogP contribution in [0.3, 0.4) is 0 Å². The molecule has 0 amide bonds. The van der Waals surface area contributed by atoms with E-state index in [0.717, 1.165) is 5.33 Å². The van der Waals surface area contributed by atoms with Crippen LogP contribution >= 0.6 is 15.9 Å². The Morgan fingerprint density at radius 1 is 1.29 bits per heavy atom. The summed E-state index contributed by atoms with van der Waals surface area (Å²) in [5.41, 5.74) is 0.256. The minimum absolute atomic E-state index is 0.256. The molecule has 1 saturated carbocycles. The first kappa shape index (κ1) is 12.7. The third-order valence-electron chi connectivity index (χ3n) is 3.64. The van der Waals surface area contributed by atoms with Crippen molar-refractivity contribution in [2.24, 2.45) is 0 Å². The van der Waals surface area contributed by atoms with Gasteiger partial charge in [0.2, 0.25) is 0 Å². The molecule has 0 heterocycles. The van der Waals surface area contributed by atoms with E-state index in [9.17, 15) is 0 Å². The van der Waals surface area contributed by atoms with Gasteiger partial charge in [0.15, 0.2) is 8.32 Å². The van der Waals surface area contributed by atoms with Crippen molar-refractivity contribution in [3.05, 3.63) is 0 Å². The molecule has 0 bridgehead atoms. The predicted molar refractivity (Wildman–Crippen MR) is 68.7 cm³/mol. The molecule has 0 aromatic heterocycles. The van der Waals surface area contributed by atoms with Gasteiger partial charge in [-0.05, 0) is 37.4 Å². The zero-order chi connectivity index (χ0) is 11.0. The topological polar surface area (TPSA) is 9.23 Å². The predicted octanol–water partition coefficient (Wildman–Crippen LogP) is 4.33. The molecule has 0 N–H and O–H groups in total. The lowest BCUT2D eigenvalue weighted by Gasteiger charge is -2.39. The maximum absolute atomic E-state index is 6.45. The van der Waals surface area contributed by atoms with Crippen molar-refractivity contribution in [3.8, 4) is 0 Å². The summed E-state index contributed by atoms with van der Waals surface area (Å²) >= 11 is 3.52. The fraction of sp³-hybridized carbons (Fsp3) is 1.00. The summed E-state index contributed by atoms with van der Waals surface area (Å²) in [7, 11) is -1.54. The number of hydrogen-bond donors (Lipinski definition) is 0. The first-order chi connectivity index (χ1) is 6.22. The van der Waals surface area contributed by atoms with Gasteiger partial charge in [0, 0.05) is 5.33 Å². The van der Waals surface area contributed by atoms with E-state index in [1.807, 2.05) is 0 Å². The van der Waals surface area contributed by atoms with E-state index in [0.29, 0.717) is 5.04 Å². The van der Waals surface area contributed by atoms with Gasteiger partial charge in [0.05, 0.1) is 5.60 Å². The lowest BCUT2D eigenvalue weighted by atomic mass is 10.2. The standard InChI is InChI=1S/C11H23BrOSi/c1-10(2,3)14(4,5)13-11(6-7-11)8-9-12/h6-9H2,1-5H3. The molecule has 0 spiro atoms. The van der Waals surface area contributed by atoms with E-state index in [-0.39, 0.29) is 5.60 Å². The summed E-state index contributed by atoms with van der Waals surface area (Å²) in [6, 6.07) is 0. The molecule has 1 fully saturated rings. The molecule has 1 nitrogen and oxygen atoms in total. The summed E-state index contributed by atoms with van der Waals surface area (Å²) in [6.45, 7) is 11.6. The Morgan fingerprint density at radius 3 is 2.07 bits per heavy atom. The van der Waals surface area contributed by atoms with E-state index < -0.39 is 8.32 Å². The zero-order valence-electron chi connectivity index (χ0n) is 10.1. The van der Waals surface area contributed by atoms with Crippen LogP contribution in [0.2, 0.25) is 18.1 Å². The Kier molecular flexibility index (Phi) is 3.55. The van der Waals surface area contributed by atoms with Gasteiger partial charge in [-0.1, -0.05) is 36.7 Å². The molecule has 0 saturated heterocycles. The normalized spacial score (nSPS) is 21.0. The maximum Gasteiger partial charge on any atom is 0.192 e. The van der Waals surface area contributed by atoms with E-state index in [2.05, 4.69) is 49.8 Å². The lowest BCUT2D eigenvalue weighted by Crippen LogP contribution is -2.44. The van der Waals surface area contributed by atoms with Crippen LogP contribution in [0.15, 0.2) is 0 Å². The molecule has 0 unspecified atom stereocenters. The Labute approximate surface area is 97.9 Å². The quantitative estimate of drug-likeness (QED) is 0.550. The van der Waals surface area contributed by atoms with E-state index >= 15 is 0 Å². The van der Waals surface area contributed by atoms with Crippen molar-refractivity contribution >= 4 is 24.2 Å². The Hall–Kier alpha value is 0.657. The van der Waals surface area contributed by atoms with Crippen molar-refractivity contribution in [1.82, 2.24) is 0 Å². The van der Waals surface area contributed by atoms with Crippen molar-refractivity contribution in [1.29, 1.82) is 0 Å². The van der Waals surface area contributed by atoms with E-state index in [1.54, 1.807) is 0 Å². The van der Waals surface area contributed by atoms with Gasteiger partial charge in [-0.25, -0.2) is 0 Å². The number of halogens is 1. The average Bonchev–Trinajstić information content (AvgIpc) is 2.65. The van der Waals surface area contributed by atoms with Gasteiger partial charge < -0.3 is 4.43 Å². The third kappa shape index (κ3) is 2.83. The fourth-order valence-corrected chi connectivity index (χ4v) is 3.83. The van der Waals surface area contributed by atoms with E-state index in [4.69, 9.17) is 4.43 Å². The second-order valence-electron chi connectivity index (χ2n) is 5.98. The van der Waals surface area contributed by atoms with Crippen LogP contribution in [0.4, 0.5) is 0 Å². The van der Waals surface area contributed by atoms with Gasteiger partial charge in [-0.15, -0.1) is 0 Å². The third-order valence-corrected chi connectivity index (χ3v) is 8.59. The van der Waals surface area contributed by atoms with Crippen LogP contribution < -0.4 is 0 Å². The van der Waals surface area contributed by atoms with Crippen LogP contribution in [-0.4, -0.2) is 19.2 Å².